The number of fused-ring (bicyclic) bond motifs is 1. The van der Waals surface area contributed by atoms with Gasteiger partial charge in [-0.15, -0.1) is 0 Å². The minimum absolute atomic E-state index is 0.157. The van der Waals surface area contributed by atoms with Gasteiger partial charge in [0.1, 0.15) is 11.6 Å². The quantitative estimate of drug-likeness (QED) is 0.165. The number of anilines is 1. The van der Waals surface area contributed by atoms with Gasteiger partial charge in [0.05, 0.1) is 34.5 Å². The number of nitrogens with zero attached hydrogens (tertiary/aromatic N) is 2. The van der Waals surface area contributed by atoms with E-state index >= 15 is 0 Å². The molecule has 1 N–H and O–H groups in total. The number of thiazole rings is 1. The third-order valence-corrected chi connectivity index (χ3v) is 7.28. The summed E-state index contributed by atoms with van der Waals surface area (Å²) in [7, 11) is 1.27. The van der Waals surface area contributed by atoms with Gasteiger partial charge in [-0.05, 0) is 66.1 Å². The molecule has 7 nitrogen and oxygen atoms in total. The van der Waals surface area contributed by atoms with E-state index in [1.54, 1.807) is 12.1 Å². The predicted octanol–water partition coefficient (Wildman–Crippen LogP) is 5.41. The summed E-state index contributed by atoms with van der Waals surface area (Å²) < 4.78 is 19.1. The van der Waals surface area contributed by atoms with Gasteiger partial charge in [0.25, 0.3) is 5.78 Å². The summed E-state index contributed by atoms with van der Waals surface area (Å²) in [6.07, 6.45) is 0.831. The van der Waals surface area contributed by atoms with Crippen LogP contribution in [0.25, 0.3) is 16.0 Å². The Morgan fingerprint density at radius 2 is 1.73 bits per heavy atom. The number of rotatable bonds is 5. The number of hydrogen-bond acceptors (Lipinski definition) is 7. The molecule has 0 spiro atoms. The van der Waals surface area contributed by atoms with Gasteiger partial charge >= 0.3 is 11.9 Å². The topological polar surface area (TPSA) is 96.8 Å². The summed E-state index contributed by atoms with van der Waals surface area (Å²) in [4.78, 5) is 44.5. The van der Waals surface area contributed by atoms with E-state index in [1.807, 2.05) is 25.1 Å². The standard InChI is InChI=1S/C28H21FN2O5S/c1-3-15-4-13-20-21(14-15)37-28(30-20)31-23(16-5-7-18(8-6-16)27(35)36-2)22(25(33)26(31)34)24(32)17-9-11-19(29)12-10-17/h4-14,23,32H,3H2,1-2H3/t23-/m1/s1. The van der Waals surface area contributed by atoms with Crippen molar-refractivity contribution in [3.05, 3.63) is 100 Å². The second-order valence-corrected chi connectivity index (χ2v) is 9.45. The van der Waals surface area contributed by atoms with E-state index in [0.29, 0.717) is 16.2 Å². The zero-order valence-corrected chi connectivity index (χ0v) is 20.7. The summed E-state index contributed by atoms with van der Waals surface area (Å²) in [5.74, 6) is -3.21. The third kappa shape index (κ3) is 4.27. The fraction of sp³-hybridized carbons (Fsp3) is 0.143. The SMILES string of the molecule is CCc1ccc2nc(N3C(=O)C(=O)C(=C(O)c4ccc(F)cc4)[C@H]3c3ccc(C(=O)OC)cc3)sc2c1. The van der Waals surface area contributed by atoms with E-state index in [4.69, 9.17) is 4.74 Å². The predicted molar refractivity (Wildman–Crippen MR) is 138 cm³/mol. The Bertz CT molecular complexity index is 1570. The first-order valence-corrected chi connectivity index (χ1v) is 12.3. The van der Waals surface area contributed by atoms with E-state index < -0.39 is 35.3 Å². The van der Waals surface area contributed by atoms with Gasteiger partial charge < -0.3 is 9.84 Å². The summed E-state index contributed by atoms with van der Waals surface area (Å²) in [6, 6.07) is 16.0. The molecule has 0 saturated carbocycles. The Kier molecular flexibility index (Phi) is 6.31. The van der Waals surface area contributed by atoms with Crippen LogP contribution < -0.4 is 4.90 Å². The summed E-state index contributed by atoms with van der Waals surface area (Å²) >= 11 is 1.27. The molecular formula is C28H21FN2O5S. The number of ketones is 1. The average molecular weight is 517 g/mol. The van der Waals surface area contributed by atoms with Gasteiger partial charge in [-0.3, -0.25) is 14.5 Å². The normalized spacial score (nSPS) is 16.9. The van der Waals surface area contributed by atoms with Crippen LogP contribution in [0.5, 0.6) is 0 Å². The summed E-state index contributed by atoms with van der Waals surface area (Å²) in [5.41, 5.74) is 2.58. The number of hydrogen-bond donors (Lipinski definition) is 1. The highest BCUT2D eigenvalue weighted by atomic mass is 32.1. The summed E-state index contributed by atoms with van der Waals surface area (Å²) in [5, 5.41) is 11.4. The Balaban J connectivity index is 1.70. The van der Waals surface area contributed by atoms with Gasteiger partial charge in [-0.25, -0.2) is 14.2 Å². The fourth-order valence-electron chi connectivity index (χ4n) is 4.31. The fourth-order valence-corrected chi connectivity index (χ4v) is 5.36. The number of methoxy groups -OCH3 is 1. The zero-order valence-electron chi connectivity index (χ0n) is 19.9. The van der Waals surface area contributed by atoms with Crippen LogP contribution >= 0.6 is 11.3 Å². The van der Waals surface area contributed by atoms with Gasteiger partial charge in [-0.2, -0.15) is 0 Å². The number of benzene rings is 3. The molecule has 1 aliphatic heterocycles. The van der Waals surface area contributed by atoms with Crippen molar-refractivity contribution in [2.45, 2.75) is 19.4 Å². The minimum atomic E-state index is -1.03. The molecule has 0 aliphatic carbocycles. The van der Waals surface area contributed by atoms with Crippen molar-refractivity contribution >= 4 is 50.1 Å². The Morgan fingerprint density at radius 3 is 2.38 bits per heavy atom. The molecule has 1 amide bonds. The number of carbonyl (C=O) groups is 3. The van der Waals surface area contributed by atoms with Crippen LogP contribution in [0.1, 0.15) is 40.0 Å². The molecule has 0 unspecified atom stereocenters. The lowest BCUT2D eigenvalue weighted by Crippen LogP contribution is -2.29. The number of carbonyl (C=O) groups excluding carboxylic acids is 3. The molecule has 9 heteroatoms. The first-order chi connectivity index (χ1) is 17.8. The lowest BCUT2D eigenvalue weighted by Gasteiger charge is -2.23. The molecule has 0 radical (unpaired) electrons. The number of esters is 1. The van der Waals surface area contributed by atoms with Crippen LogP contribution in [0, 0.1) is 5.82 Å². The Labute approximate surface area is 215 Å². The largest absolute Gasteiger partial charge is 0.507 e. The molecular weight excluding hydrogens is 495 g/mol. The second-order valence-electron chi connectivity index (χ2n) is 8.44. The van der Waals surface area contributed by atoms with Crippen molar-refractivity contribution in [3.63, 3.8) is 0 Å². The average Bonchev–Trinajstić information content (AvgIpc) is 3.45. The maximum atomic E-state index is 13.5. The van der Waals surface area contributed by atoms with Gasteiger partial charge in [-0.1, -0.05) is 36.5 Å². The van der Waals surface area contributed by atoms with Gasteiger partial charge in [0.15, 0.2) is 5.13 Å². The lowest BCUT2D eigenvalue weighted by atomic mass is 9.95. The van der Waals surface area contributed by atoms with E-state index in [-0.39, 0.29) is 16.7 Å². The Morgan fingerprint density at radius 1 is 1.05 bits per heavy atom. The van der Waals surface area contributed by atoms with Crippen LogP contribution in [0.15, 0.2) is 72.3 Å². The number of aliphatic hydroxyl groups excluding tert-OH is 1. The number of aryl methyl sites for hydroxylation is 1. The second kappa shape index (κ2) is 9.59. The zero-order chi connectivity index (χ0) is 26.3. The maximum absolute atomic E-state index is 13.5. The van der Waals surface area contributed by atoms with E-state index in [0.717, 1.165) is 28.8 Å². The van der Waals surface area contributed by atoms with E-state index in [1.165, 1.54) is 47.6 Å². The molecule has 2 heterocycles. The molecule has 1 fully saturated rings. The molecule has 1 aliphatic rings. The molecule has 4 aromatic rings. The van der Waals surface area contributed by atoms with Crippen LogP contribution in [-0.2, 0) is 20.7 Å². The third-order valence-electron chi connectivity index (χ3n) is 6.27. The highest BCUT2D eigenvalue weighted by Crippen LogP contribution is 2.44. The monoisotopic (exact) mass is 516 g/mol. The highest BCUT2D eigenvalue weighted by Gasteiger charge is 2.48. The molecule has 0 bridgehead atoms. The van der Waals surface area contributed by atoms with Gasteiger partial charge in [0.2, 0.25) is 0 Å². The van der Waals surface area contributed by atoms with Crippen molar-refractivity contribution in [2.75, 3.05) is 12.0 Å². The molecule has 1 atom stereocenters. The number of amides is 1. The minimum Gasteiger partial charge on any atom is -0.507 e. The smallest absolute Gasteiger partial charge is 0.337 e. The van der Waals surface area contributed by atoms with Crippen molar-refractivity contribution in [1.29, 1.82) is 0 Å². The first-order valence-electron chi connectivity index (χ1n) is 11.5. The van der Waals surface area contributed by atoms with Crippen LogP contribution in [0.4, 0.5) is 9.52 Å². The number of aliphatic hydroxyl groups is 1. The van der Waals surface area contributed by atoms with Crippen LogP contribution in [0.3, 0.4) is 0 Å². The number of Topliss-reactive ketones (excluding diaryl/α,β-unsaturated/α-hetero) is 1. The van der Waals surface area contributed by atoms with Crippen molar-refractivity contribution in [3.8, 4) is 0 Å². The first kappa shape index (κ1) is 24.3. The summed E-state index contributed by atoms with van der Waals surface area (Å²) in [6.45, 7) is 2.04. The molecule has 1 aromatic heterocycles. The molecule has 3 aromatic carbocycles. The Hall–Kier alpha value is -4.37. The molecule has 186 valence electrons. The van der Waals surface area contributed by atoms with E-state index in [2.05, 4.69) is 4.98 Å². The van der Waals surface area contributed by atoms with Crippen LogP contribution in [0.2, 0.25) is 0 Å². The van der Waals surface area contributed by atoms with Crippen LogP contribution in [-0.4, -0.2) is 34.9 Å². The van der Waals surface area contributed by atoms with Crippen molar-refractivity contribution < 1.29 is 28.6 Å². The van der Waals surface area contributed by atoms with Crippen molar-refractivity contribution in [2.24, 2.45) is 0 Å². The number of halogens is 1. The van der Waals surface area contributed by atoms with Gasteiger partial charge in [0, 0.05) is 5.56 Å². The highest BCUT2D eigenvalue weighted by molar-refractivity contribution is 7.22. The number of aromatic nitrogens is 1. The molecule has 37 heavy (non-hydrogen) atoms. The molecule has 1 saturated heterocycles. The maximum Gasteiger partial charge on any atom is 0.337 e. The lowest BCUT2D eigenvalue weighted by molar-refractivity contribution is -0.132. The molecule has 5 rings (SSSR count). The van der Waals surface area contributed by atoms with E-state index in [9.17, 15) is 23.9 Å². The number of ether oxygens (including phenoxy) is 1. The van der Waals surface area contributed by atoms with Crippen molar-refractivity contribution in [1.82, 2.24) is 4.98 Å².